The van der Waals surface area contributed by atoms with E-state index in [1.807, 2.05) is 31.2 Å². The van der Waals surface area contributed by atoms with Gasteiger partial charge in [0.15, 0.2) is 5.13 Å². The Morgan fingerprint density at radius 2 is 1.75 bits per heavy atom. The van der Waals surface area contributed by atoms with E-state index in [4.69, 9.17) is 0 Å². The fraction of sp³-hybridized carbons (Fsp3) is 0.115. The first-order chi connectivity index (χ1) is 17.3. The Morgan fingerprint density at radius 3 is 2.44 bits per heavy atom. The Morgan fingerprint density at radius 1 is 1.03 bits per heavy atom. The minimum Gasteiger partial charge on any atom is -0.322 e. The number of nitrogens with one attached hydrogen (secondary N) is 2. The number of thioether (sulfide) groups is 1. The van der Waals surface area contributed by atoms with Crippen molar-refractivity contribution in [2.45, 2.75) is 24.0 Å². The molecule has 0 saturated heterocycles. The Bertz CT molecular complexity index is 1400. The number of non-ortho nitro benzene ring substituents is 1. The maximum atomic E-state index is 12.7. The number of hydrogen-bond donors (Lipinski definition) is 2. The maximum absolute atomic E-state index is 12.7. The highest BCUT2D eigenvalue weighted by atomic mass is 32.2. The molecule has 0 saturated carbocycles. The lowest BCUT2D eigenvalue weighted by Gasteiger charge is -2.11. The SMILES string of the molecule is Cc1ccc(C(=O)Nc2ccc(SC(C)C(=O)Nc3nc(-c4cccc([N+](=O)[O-])c4)cs3)cc2)cc1. The third-order valence-electron chi connectivity index (χ3n) is 5.20. The second-order valence-corrected chi connectivity index (χ2v) is 10.2. The molecule has 10 heteroatoms. The van der Waals surface area contributed by atoms with Gasteiger partial charge in [-0.25, -0.2) is 4.98 Å². The molecule has 4 rings (SSSR count). The molecule has 0 spiro atoms. The number of rotatable bonds is 8. The van der Waals surface area contributed by atoms with E-state index in [1.54, 1.807) is 48.7 Å². The van der Waals surface area contributed by atoms with Crippen molar-refractivity contribution in [2.75, 3.05) is 10.6 Å². The van der Waals surface area contributed by atoms with Crippen LogP contribution in [0.25, 0.3) is 11.3 Å². The third kappa shape index (κ3) is 6.35. The second kappa shape index (κ2) is 11.1. The molecule has 8 nitrogen and oxygen atoms in total. The summed E-state index contributed by atoms with van der Waals surface area (Å²) in [5.74, 6) is -0.396. The zero-order valence-electron chi connectivity index (χ0n) is 19.4. The summed E-state index contributed by atoms with van der Waals surface area (Å²) < 4.78 is 0. The molecule has 0 aliphatic rings. The number of nitrogens with zero attached hydrogens (tertiary/aromatic N) is 2. The number of aryl methyl sites for hydroxylation is 1. The van der Waals surface area contributed by atoms with E-state index in [2.05, 4.69) is 15.6 Å². The van der Waals surface area contributed by atoms with Crippen LogP contribution in [0.2, 0.25) is 0 Å². The van der Waals surface area contributed by atoms with Crippen molar-refractivity contribution in [3.05, 3.63) is 99.4 Å². The van der Waals surface area contributed by atoms with Gasteiger partial charge in [0, 0.05) is 39.2 Å². The van der Waals surface area contributed by atoms with Crippen LogP contribution >= 0.6 is 23.1 Å². The molecule has 0 radical (unpaired) electrons. The van der Waals surface area contributed by atoms with E-state index in [9.17, 15) is 19.7 Å². The van der Waals surface area contributed by atoms with Crippen LogP contribution in [0.1, 0.15) is 22.8 Å². The van der Waals surface area contributed by atoms with E-state index >= 15 is 0 Å². The molecule has 0 fully saturated rings. The number of nitro groups is 1. The Balaban J connectivity index is 1.32. The van der Waals surface area contributed by atoms with Crippen LogP contribution in [0.5, 0.6) is 0 Å². The van der Waals surface area contributed by atoms with E-state index in [1.165, 1.54) is 35.2 Å². The number of aromatic nitrogens is 1. The van der Waals surface area contributed by atoms with Crippen LogP contribution in [0, 0.1) is 17.0 Å². The molecular weight excluding hydrogens is 496 g/mol. The number of nitro benzene ring substituents is 1. The van der Waals surface area contributed by atoms with E-state index in [0.29, 0.717) is 27.6 Å². The first-order valence-electron chi connectivity index (χ1n) is 10.9. The number of thiazole rings is 1. The van der Waals surface area contributed by atoms with Crippen molar-refractivity contribution in [2.24, 2.45) is 0 Å². The summed E-state index contributed by atoms with van der Waals surface area (Å²) in [4.78, 5) is 40.9. The van der Waals surface area contributed by atoms with Gasteiger partial charge >= 0.3 is 0 Å². The Hall–Kier alpha value is -4.02. The van der Waals surface area contributed by atoms with Crippen molar-refractivity contribution in [1.82, 2.24) is 4.98 Å². The number of anilines is 2. The maximum Gasteiger partial charge on any atom is 0.270 e. The molecule has 1 atom stereocenters. The monoisotopic (exact) mass is 518 g/mol. The number of carbonyl (C=O) groups is 2. The van der Waals surface area contributed by atoms with E-state index in [0.717, 1.165) is 10.5 Å². The van der Waals surface area contributed by atoms with Gasteiger partial charge in [-0.05, 0) is 50.2 Å². The quantitative estimate of drug-likeness (QED) is 0.158. The van der Waals surface area contributed by atoms with Gasteiger partial charge in [-0.3, -0.25) is 19.7 Å². The van der Waals surface area contributed by atoms with Gasteiger partial charge in [-0.1, -0.05) is 29.8 Å². The highest BCUT2D eigenvalue weighted by Gasteiger charge is 2.17. The molecule has 1 heterocycles. The molecule has 182 valence electrons. The molecule has 0 aliphatic heterocycles. The smallest absolute Gasteiger partial charge is 0.270 e. The van der Waals surface area contributed by atoms with Crippen LogP contribution in [-0.2, 0) is 4.79 Å². The number of carbonyl (C=O) groups excluding carboxylic acids is 2. The van der Waals surface area contributed by atoms with Crippen LogP contribution in [0.4, 0.5) is 16.5 Å². The highest BCUT2D eigenvalue weighted by Crippen LogP contribution is 2.29. The second-order valence-electron chi connectivity index (χ2n) is 7.94. The molecule has 2 N–H and O–H groups in total. The molecule has 36 heavy (non-hydrogen) atoms. The van der Waals surface area contributed by atoms with Gasteiger partial charge in [0.05, 0.1) is 15.9 Å². The molecule has 0 aliphatic carbocycles. The molecule has 4 aromatic rings. The minimum atomic E-state index is -0.456. The first-order valence-corrected chi connectivity index (χ1v) is 12.7. The largest absolute Gasteiger partial charge is 0.322 e. The zero-order chi connectivity index (χ0) is 25.7. The number of hydrogen-bond acceptors (Lipinski definition) is 7. The Labute approximate surface area is 215 Å². The van der Waals surface area contributed by atoms with Crippen LogP contribution in [0.15, 0.2) is 83.1 Å². The predicted molar refractivity (Wildman–Crippen MR) is 144 cm³/mol. The molecule has 3 aromatic carbocycles. The van der Waals surface area contributed by atoms with Crippen molar-refractivity contribution >= 4 is 51.4 Å². The standard InChI is InChI=1S/C26H22N4O4S2/c1-16-6-8-18(9-7-16)25(32)27-20-10-12-22(13-11-20)36-17(2)24(31)29-26-28-23(15-35-26)19-4-3-5-21(14-19)30(33)34/h3-15,17H,1-2H3,(H,27,32)(H,28,29,31). The predicted octanol–water partition coefficient (Wildman–Crippen LogP) is 6.40. The zero-order valence-corrected chi connectivity index (χ0v) is 21.1. The van der Waals surface area contributed by atoms with Crippen molar-refractivity contribution in [3.63, 3.8) is 0 Å². The summed E-state index contributed by atoms with van der Waals surface area (Å²) in [7, 11) is 0. The summed E-state index contributed by atoms with van der Waals surface area (Å²) in [6, 6.07) is 20.8. The number of benzene rings is 3. The van der Waals surface area contributed by atoms with Crippen molar-refractivity contribution in [1.29, 1.82) is 0 Å². The summed E-state index contributed by atoms with van der Waals surface area (Å²) >= 11 is 2.64. The van der Waals surface area contributed by atoms with Gasteiger partial charge in [0.1, 0.15) is 0 Å². The van der Waals surface area contributed by atoms with Crippen molar-refractivity contribution in [3.8, 4) is 11.3 Å². The van der Waals surface area contributed by atoms with Gasteiger partial charge in [0.2, 0.25) is 5.91 Å². The van der Waals surface area contributed by atoms with Crippen LogP contribution in [-0.4, -0.2) is 27.0 Å². The summed E-state index contributed by atoms with van der Waals surface area (Å²) in [6.45, 7) is 3.76. The fourth-order valence-electron chi connectivity index (χ4n) is 3.23. The lowest BCUT2D eigenvalue weighted by Crippen LogP contribution is -2.22. The van der Waals surface area contributed by atoms with Gasteiger partial charge < -0.3 is 10.6 Å². The van der Waals surface area contributed by atoms with Crippen molar-refractivity contribution < 1.29 is 14.5 Å². The van der Waals surface area contributed by atoms with E-state index in [-0.39, 0.29) is 17.5 Å². The van der Waals surface area contributed by atoms with Gasteiger partial charge in [-0.15, -0.1) is 23.1 Å². The summed E-state index contributed by atoms with van der Waals surface area (Å²) in [6.07, 6.45) is 0. The Kier molecular flexibility index (Phi) is 7.77. The average molecular weight is 519 g/mol. The molecular formula is C26H22N4O4S2. The van der Waals surface area contributed by atoms with Crippen LogP contribution in [0.3, 0.4) is 0 Å². The number of amides is 2. The van der Waals surface area contributed by atoms with Gasteiger partial charge in [-0.2, -0.15) is 0 Å². The third-order valence-corrected chi connectivity index (χ3v) is 7.06. The summed E-state index contributed by atoms with van der Waals surface area (Å²) in [5.41, 5.74) is 3.49. The molecule has 2 amide bonds. The lowest BCUT2D eigenvalue weighted by molar-refractivity contribution is -0.384. The topological polar surface area (TPSA) is 114 Å². The average Bonchev–Trinajstić information content (AvgIpc) is 3.34. The first kappa shape index (κ1) is 25.1. The lowest BCUT2D eigenvalue weighted by atomic mass is 10.1. The highest BCUT2D eigenvalue weighted by molar-refractivity contribution is 8.00. The normalized spacial score (nSPS) is 11.5. The molecule has 1 aromatic heterocycles. The molecule has 1 unspecified atom stereocenters. The fourth-order valence-corrected chi connectivity index (χ4v) is 4.82. The van der Waals surface area contributed by atoms with Crippen LogP contribution < -0.4 is 10.6 Å². The molecule has 0 bridgehead atoms. The van der Waals surface area contributed by atoms with E-state index < -0.39 is 10.2 Å². The minimum absolute atomic E-state index is 0.0168. The summed E-state index contributed by atoms with van der Waals surface area (Å²) in [5, 5.41) is 18.4. The van der Waals surface area contributed by atoms with Gasteiger partial charge in [0.25, 0.3) is 11.6 Å².